The fourth-order valence-corrected chi connectivity index (χ4v) is 4.69. The summed E-state index contributed by atoms with van der Waals surface area (Å²) in [5.74, 6) is 4.42. The number of piperidine rings is 1. The number of hydrazine groups is 1. The number of hydrogen-bond donors (Lipinski definition) is 7. The molecule has 3 rings (SSSR count). The molecule has 0 bridgehead atoms. The van der Waals surface area contributed by atoms with Crippen LogP contribution in [0.25, 0.3) is 0 Å². The van der Waals surface area contributed by atoms with E-state index in [0.29, 0.717) is 44.0 Å². The maximum absolute atomic E-state index is 12.3. The lowest BCUT2D eigenvalue weighted by Crippen LogP contribution is -2.59. The number of amidine groups is 1. The molecular weight excluding hydrogens is 453 g/mol. The van der Waals surface area contributed by atoms with E-state index >= 15 is 0 Å². The molecule has 0 aromatic carbocycles. The van der Waals surface area contributed by atoms with Gasteiger partial charge in [0.1, 0.15) is 30.4 Å². The van der Waals surface area contributed by atoms with E-state index in [1.165, 1.54) is 0 Å². The number of rotatable bonds is 10. The number of epoxide rings is 1. The third-order valence-corrected chi connectivity index (χ3v) is 6.41. The molecule has 0 aromatic rings. The lowest BCUT2D eigenvalue weighted by atomic mass is 9.67. The minimum Gasteiger partial charge on any atom is -0.463 e. The Morgan fingerprint density at radius 2 is 2.18 bits per heavy atom. The van der Waals surface area contributed by atoms with Gasteiger partial charge in [0.2, 0.25) is 5.65 Å². The Kier molecular flexibility index (Phi) is 10.4. The molecule has 13 nitrogen and oxygen atoms in total. The zero-order valence-corrected chi connectivity index (χ0v) is 20.0. The van der Waals surface area contributed by atoms with Gasteiger partial charge < -0.3 is 35.7 Å². The SMILES string of the molecule is CNCCOC(=O)C1CC2CC(CC/C(N)=N/NN)CCC23OC3(O)N1.O=CCNC(=O)P. The molecule has 9 N–H and O–H groups in total. The van der Waals surface area contributed by atoms with E-state index in [-0.39, 0.29) is 24.1 Å². The number of nitrogens with zero attached hydrogens (tertiary/aromatic N) is 1. The Morgan fingerprint density at radius 3 is 2.79 bits per heavy atom. The quantitative estimate of drug-likeness (QED) is 0.0210. The van der Waals surface area contributed by atoms with Crippen molar-refractivity contribution in [2.45, 2.75) is 56.1 Å². The van der Waals surface area contributed by atoms with Crippen LogP contribution in [0.5, 0.6) is 0 Å². The first kappa shape index (κ1) is 27.4. The molecule has 3 fully saturated rings. The van der Waals surface area contributed by atoms with Gasteiger partial charge in [-0.25, -0.2) is 11.4 Å². The highest BCUT2D eigenvalue weighted by molar-refractivity contribution is 7.39. The highest BCUT2D eigenvalue weighted by Gasteiger charge is 2.77. The van der Waals surface area contributed by atoms with E-state index in [9.17, 15) is 19.5 Å². The summed E-state index contributed by atoms with van der Waals surface area (Å²) in [4.78, 5) is 31.7. The van der Waals surface area contributed by atoms with Crippen LogP contribution in [0, 0.1) is 11.8 Å². The number of hydrazone groups is 1. The van der Waals surface area contributed by atoms with Crippen LogP contribution in [-0.4, -0.2) is 73.1 Å². The standard InChI is InChI=1S/C16H30N6O4.C3H6NO2P/c1-19-6-7-25-14(23)12-9-11-8-10(2-3-13(17)21-22-18)4-5-15(11)16(24,20-12)26-15;5-2-1-4-3(6)7/h10-12,19-20,22,24H,2-9,18H2,1H3,(H2,17,21);2H,1,7H2,(H,4,6). The number of amides is 1. The number of aldehydes is 1. The van der Waals surface area contributed by atoms with Gasteiger partial charge in [0.05, 0.1) is 6.54 Å². The molecule has 2 saturated heterocycles. The first-order valence-corrected chi connectivity index (χ1v) is 11.5. The van der Waals surface area contributed by atoms with Gasteiger partial charge in [-0.1, -0.05) is 0 Å². The monoisotopic (exact) mass is 489 g/mol. The molecular formula is C19H36N7O6P. The van der Waals surface area contributed by atoms with Crippen LogP contribution in [-0.2, 0) is 19.1 Å². The lowest BCUT2D eigenvalue weighted by molar-refractivity contribution is -0.151. The maximum Gasteiger partial charge on any atom is 0.323 e. The van der Waals surface area contributed by atoms with Crippen molar-refractivity contribution < 1.29 is 29.0 Å². The van der Waals surface area contributed by atoms with Crippen LogP contribution in [0.15, 0.2) is 5.10 Å². The van der Waals surface area contributed by atoms with Crippen LogP contribution < -0.4 is 33.1 Å². The summed E-state index contributed by atoms with van der Waals surface area (Å²) in [7, 11) is 3.70. The number of likely N-dealkylation sites (N-methyl/N-ethyl adjacent to an activating group) is 1. The second-order valence-corrected chi connectivity index (χ2v) is 8.88. The second-order valence-electron chi connectivity index (χ2n) is 8.36. The van der Waals surface area contributed by atoms with Crippen molar-refractivity contribution in [2.75, 3.05) is 26.7 Å². The summed E-state index contributed by atoms with van der Waals surface area (Å²) in [6.07, 6.45) is 5.38. The molecule has 2 heterocycles. The van der Waals surface area contributed by atoms with Crippen molar-refractivity contribution in [3.05, 3.63) is 0 Å². The largest absolute Gasteiger partial charge is 0.463 e. The van der Waals surface area contributed by atoms with Gasteiger partial charge in [-0.2, -0.15) is 5.10 Å². The Balaban J connectivity index is 0.000000479. The van der Waals surface area contributed by atoms with Gasteiger partial charge in [0.15, 0.2) is 0 Å². The van der Waals surface area contributed by atoms with Crippen molar-refractivity contribution in [1.29, 1.82) is 0 Å². The summed E-state index contributed by atoms with van der Waals surface area (Å²) >= 11 is 0. The number of esters is 1. The van der Waals surface area contributed by atoms with E-state index < -0.39 is 17.6 Å². The fourth-order valence-electron chi connectivity index (χ4n) is 4.57. The Bertz CT molecular complexity index is 729. The molecule has 3 aliphatic rings. The average Bonchev–Trinajstić information content (AvgIpc) is 3.40. The normalized spacial score (nSPS) is 32.2. The second kappa shape index (κ2) is 12.5. The van der Waals surface area contributed by atoms with Crippen molar-refractivity contribution in [3.8, 4) is 0 Å². The molecule has 6 atom stereocenters. The van der Waals surface area contributed by atoms with Gasteiger partial charge >= 0.3 is 5.97 Å². The van der Waals surface area contributed by atoms with Gasteiger partial charge in [0, 0.05) is 13.0 Å². The Labute approximate surface area is 195 Å². The van der Waals surface area contributed by atoms with Crippen LogP contribution in [0.1, 0.15) is 38.5 Å². The molecule has 2 aliphatic heterocycles. The predicted octanol–water partition coefficient (Wildman–Crippen LogP) is -1.77. The van der Waals surface area contributed by atoms with Gasteiger partial charge in [0.25, 0.3) is 5.91 Å². The topological polar surface area (TPSA) is 206 Å². The van der Waals surface area contributed by atoms with E-state index in [2.05, 4.69) is 26.6 Å². The van der Waals surface area contributed by atoms with Crippen molar-refractivity contribution in [1.82, 2.24) is 21.5 Å². The number of carbonyl (C=O) groups is 3. The molecule has 188 valence electrons. The fraction of sp³-hybridized carbons (Fsp3) is 0.789. The highest BCUT2D eigenvalue weighted by Crippen LogP contribution is 2.61. The highest BCUT2D eigenvalue weighted by atomic mass is 31.0. The number of carbonyl (C=O) groups excluding carboxylic acids is 3. The molecule has 1 spiro atoms. The summed E-state index contributed by atoms with van der Waals surface area (Å²) in [6.45, 7) is 0.997. The van der Waals surface area contributed by atoms with E-state index in [1.54, 1.807) is 7.05 Å². The average molecular weight is 490 g/mol. The molecule has 6 unspecified atom stereocenters. The molecule has 0 radical (unpaired) electrons. The van der Waals surface area contributed by atoms with Crippen LogP contribution in [0.4, 0.5) is 4.79 Å². The third kappa shape index (κ3) is 7.29. The zero-order chi connectivity index (χ0) is 24.5. The summed E-state index contributed by atoms with van der Waals surface area (Å²) in [5, 5.41) is 22.6. The van der Waals surface area contributed by atoms with E-state index in [4.69, 9.17) is 21.1 Å². The number of nitrogens with one attached hydrogen (secondary N) is 4. The Morgan fingerprint density at radius 1 is 1.42 bits per heavy atom. The van der Waals surface area contributed by atoms with E-state index in [1.807, 2.05) is 9.24 Å². The molecule has 14 heteroatoms. The summed E-state index contributed by atoms with van der Waals surface area (Å²) < 4.78 is 11.0. The van der Waals surface area contributed by atoms with Crippen molar-refractivity contribution in [3.63, 3.8) is 0 Å². The van der Waals surface area contributed by atoms with Gasteiger partial charge in [-0.15, -0.1) is 0 Å². The van der Waals surface area contributed by atoms with Crippen LogP contribution in [0.2, 0.25) is 0 Å². The molecule has 1 saturated carbocycles. The zero-order valence-electron chi connectivity index (χ0n) is 18.8. The Hall–Kier alpha value is -1.89. The van der Waals surface area contributed by atoms with Crippen molar-refractivity contribution >= 4 is 33.0 Å². The number of nitrogens with two attached hydrogens (primary N) is 2. The van der Waals surface area contributed by atoms with Crippen LogP contribution >= 0.6 is 9.24 Å². The number of aliphatic hydroxyl groups is 1. The molecule has 0 aromatic heterocycles. The van der Waals surface area contributed by atoms with E-state index in [0.717, 1.165) is 25.7 Å². The minimum absolute atomic E-state index is 0.0995. The minimum atomic E-state index is -1.41. The summed E-state index contributed by atoms with van der Waals surface area (Å²) in [5.41, 5.74) is 7.15. The third-order valence-electron chi connectivity index (χ3n) is 6.21. The van der Waals surface area contributed by atoms with Crippen molar-refractivity contribution in [2.24, 2.45) is 28.5 Å². The summed E-state index contributed by atoms with van der Waals surface area (Å²) in [6, 6.07) is -0.552. The number of ether oxygens (including phenoxy) is 2. The van der Waals surface area contributed by atoms with Gasteiger partial charge in [-0.05, 0) is 60.2 Å². The molecule has 1 aliphatic carbocycles. The molecule has 33 heavy (non-hydrogen) atoms. The molecule has 1 amide bonds. The van der Waals surface area contributed by atoms with Crippen LogP contribution in [0.3, 0.4) is 0 Å². The first-order valence-electron chi connectivity index (χ1n) is 11.0. The smallest absolute Gasteiger partial charge is 0.323 e. The van der Waals surface area contributed by atoms with Gasteiger partial charge in [-0.3, -0.25) is 14.9 Å². The number of hydrogen-bond acceptors (Lipinski definition) is 11. The predicted molar refractivity (Wildman–Crippen MR) is 123 cm³/mol. The lowest BCUT2D eigenvalue weighted by Gasteiger charge is -2.40. The first-order chi connectivity index (χ1) is 15.7. The maximum atomic E-state index is 12.3.